The maximum atomic E-state index is 11.8. The number of guanidine groups is 1. The number of unbranched alkanes of at least 4 members (excludes halogenated alkanes) is 2. The van der Waals surface area contributed by atoms with Crippen LogP contribution in [0.2, 0.25) is 0 Å². The highest BCUT2D eigenvalue weighted by molar-refractivity contribution is 14.0. The van der Waals surface area contributed by atoms with E-state index in [0.29, 0.717) is 25.0 Å². The number of nitrogens with one attached hydrogen (secondary N) is 2. The number of hydrogen-bond acceptors (Lipinski definition) is 2. The van der Waals surface area contributed by atoms with Crippen molar-refractivity contribution in [3.8, 4) is 0 Å². The minimum atomic E-state index is -4.25. The van der Waals surface area contributed by atoms with Crippen molar-refractivity contribution in [2.45, 2.75) is 58.2 Å². The van der Waals surface area contributed by atoms with Gasteiger partial charge in [-0.05, 0) is 19.8 Å². The average Bonchev–Trinajstić information content (AvgIpc) is 2.40. The first-order valence-electron chi connectivity index (χ1n) is 7.50. The molecule has 134 valence electrons. The molecular formula is C14H29F3IN3O. The van der Waals surface area contributed by atoms with E-state index < -0.39 is 12.8 Å². The number of alkyl halides is 3. The molecule has 0 aromatic carbocycles. The third-order valence-electron chi connectivity index (χ3n) is 2.87. The normalized spacial score (nSPS) is 13.5. The minimum absolute atomic E-state index is 0. The number of halogens is 4. The lowest BCUT2D eigenvalue weighted by Crippen LogP contribution is -2.42. The molecule has 0 heterocycles. The number of ether oxygens (including phenoxy) is 1. The van der Waals surface area contributed by atoms with E-state index in [1.165, 1.54) is 19.3 Å². The van der Waals surface area contributed by atoms with Gasteiger partial charge in [0.25, 0.3) is 0 Å². The summed E-state index contributed by atoms with van der Waals surface area (Å²) in [6.07, 6.45) is 0.905. The molecule has 0 aromatic rings. The Kier molecular flexibility index (Phi) is 15.7. The second-order valence-corrected chi connectivity index (χ2v) is 5.06. The molecule has 0 bridgehead atoms. The Balaban J connectivity index is 0. The van der Waals surface area contributed by atoms with Gasteiger partial charge in [-0.15, -0.1) is 24.0 Å². The summed E-state index contributed by atoms with van der Waals surface area (Å²) in [5.41, 5.74) is 0. The molecule has 0 aromatic heterocycles. The summed E-state index contributed by atoms with van der Waals surface area (Å²) in [5.74, 6) is 0.676. The summed E-state index contributed by atoms with van der Waals surface area (Å²) in [6, 6.07) is 0.323. The maximum Gasteiger partial charge on any atom is 0.411 e. The standard InChI is InChI=1S/C14H28F3N3O.HI/c1-4-5-6-8-12(2)20-13(18-3)19-9-7-10-21-11-14(15,16)17;/h12H,4-11H2,1-3H3,(H2,18,19,20);1H. The lowest BCUT2D eigenvalue weighted by molar-refractivity contribution is -0.173. The van der Waals surface area contributed by atoms with Crippen molar-refractivity contribution in [3.63, 3.8) is 0 Å². The predicted octanol–water partition coefficient (Wildman–Crippen LogP) is 3.71. The van der Waals surface area contributed by atoms with Crippen LogP contribution in [0.4, 0.5) is 13.2 Å². The fraction of sp³-hybridized carbons (Fsp3) is 0.929. The topological polar surface area (TPSA) is 45.7 Å². The molecule has 0 saturated carbocycles. The quantitative estimate of drug-likeness (QED) is 0.236. The number of nitrogens with zero attached hydrogens (tertiary/aromatic N) is 1. The van der Waals surface area contributed by atoms with Gasteiger partial charge in [-0.3, -0.25) is 4.99 Å². The molecule has 0 amide bonds. The van der Waals surface area contributed by atoms with Crippen molar-refractivity contribution in [2.75, 3.05) is 26.8 Å². The van der Waals surface area contributed by atoms with Crippen LogP contribution in [0.5, 0.6) is 0 Å². The lowest BCUT2D eigenvalue weighted by Gasteiger charge is -2.17. The molecule has 1 atom stereocenters. The van der Waals surface area contributed by atoms with Crippen LogP contribution in [-0.4, -0.2) is 45.0 Å². The molecule has 0 rings (SSSR count). The Hall–Kier alpha value is -0.250. The third-order valence-corrected chi connectivity index (χ3v) is 2.87. The van der Waals surface area contributed by atoms with Gasteiger partial charge in [0.05, 0.1) is 0 Å². The molecule has 2 N–H and O–H groups in total. The van der Waals surface area contributed by atoms with Gasteiger partial charge in [-0.25, -0.2) is 0 Å². The molecule has 0 aliphatic rings. The first kappa shape index (κ1) is 24.0. The van der Waals surface area contributed by atoms with Gasteiger partial charge in [0.2, 0.25) is 0 Å². The highest BCUT2D eigenvalue weighted by Crippen LogP contribution is 2.14. The summed E-state index contributed by atoms with van der Waals surface area (Å²) in [5, 5.41) is 6.32. The Labute approximate surface area is 148 Å². The van der Waals surface area contributed by atoms with E-state index in [2.05, 4.69) is 34.2 Å². The van der Waals surface area contributed by atoms with Crippen LogP contribution >= 0.6 is 24.0 Å². The van der Waals surface area contributed by atoms with Gasteiger partial charge < -0.3 is 15.4 Å². The van der Waals surface area contributed by atoms with E-state index in [4.69, 9.17) is 0 Å². The second-order valence-electron chi connectivity index (χ2n) is 5.06. The van der Waals surface area contributed by atoms with Crippen LogP contribution in [-0.2, 0) is 4.74 Å². The smallest absolute Gasteiger partial charge is 0.372 e. The first-order valence-corrected chi connectivity index (χ1v) is 7.50. The predicted molar refractivity (Wildman–Crippen MR) is 95.0 cm³/mol. The van der Waals surface area contributed by atoms with E-state index in [1.54, 1.807) is 7.05 Å². The lowest BCUT2D eigenvalue weighted by atomic mass is 10.1. The van der Waals surface area contributed by atoms with Crippen molar-refractivity contribution < 1.29 is 17.9 Å². The SMILES string of the molecule is CCCCCC(C)NC(=NC)NCCCOCC(F)(F)F.I. The zero-order valence-electron chi connectivity index (χ0n) is 13.6. The van der Waals surface area contributed by atoms with Gasteiger partial charge in [-0.2, -0.15) is 13.2 Å². The van der Waals surface area contributed by atoms with Crippen molar-refractivity contribution in [1.82, 2.24) is 10.6 Å². The van der Waals surface area contributed by atoms with E-state index >= 15 is 0 Å². The molecule has 22 heavy (non-hydrogen) atoms. The van der Waals surface area contributed by atoms with Gasteiger partial charge in [-0.1, -0.05) is 26.2 Å². The first-order chi connectivity index (χ1) is 9.89. The molecule has 0 aliphatic carbocycles. The van der Waals surface area contributed by atoms with E-state index in [-0.39, 0.29) is 30.6 Å². The Bertz CT molecular complexity index is 289. The molecule has 0 saturated heterocycles. The van der Waals surface area contributed by atoms with Crippen molar-refractivity contribution in [1.29, 1.82) is 0 Å². The molecule has 0 radical (unpaired) electrons. The fourth-order valence-corrected chi connectivity index (χ4v) is 1.77. The number of aliphatic imine (C=N–C) groups is 1. The van der Waals surface area contributed by atoms with Crippen LogP contribution in [0.25, 0.3) is 0 Å². The van der Waals surface area contributed by atoms with Gasteiger partial charge >= 0.3 is 6.18 Å². The molecule has 0 aliphatic heterocycles. The highest BCUT2D eigenvalue weighted by Gasteiger charge is 2.27. The third kappa shape index (κ3) is 16.1. The Morgan fingerprint density at radius 2 is 1.91 bits per heavy atom. The summed E-state index contributed by atoms with van der Waals surface area (Å²) in [7, 11) is 1.67. The molecule has 4 nitrogen and oxygen atoms in total. The zero-order valence-corrected chi connectivity index (χ0v) is 16.0. The van der Waals surface area contributed by atoms with Crippen LogP contribution in [0.1, 0.15) is 46.0 Å². The van der Waals surface area contributed by atoms with Crippen molar-refractivity contribution in [3.05, 3.63) is 0 Å². The maximum absolute atomic E-state index is 11.8. The molecular weight excluding hydrogens is 410 g/mol. The van der Waals surface area contributed by atoms with E-state index in [0.717, 1.165) is 6.42 Å². The minimum Gasteiger partial charge on any atom is -0.372 e. The summed E-state index contributed by atoms with van der Waals surface area (Å²) < 4.78 is 40.1. The van der Waals surface area contributed by atoms with Crippen LogP contribution in [0.3, 0.4) is 0 Å². The monoisotopic (exact) mass is 439 g/mol. The average molecular weight is 439 g/mol. The summed E-state index contributed by atoms with van der Waals surface area (Å²) in [4.78, 5) is 4.09. The van der Waals surface area contributed by atoms with Crippen LogP contribution in [0.15, 0.2) is 4.99 Å². The Morgan fingerprint density at radius 3 is 2.45 bits per heavy atom. The summed E-state index contributed by atoms with van der Waals surface area (Å²) in [6.45, 7) is 3.68. The fourth-order valence-electron chi connectivity index (χ4n) is 1.77. The van der Waals surface area contributed by atoms with E-state index in [1.807, 2.05) is 0 Å². The van der Waals surface area contributed by atoms with Gasteiger partial charge in [0.15, 0.2) is 5.96 Å². The highest BCUT2D eigenvalue weighted by atomic mass is 127. The Morgan fingerprint density at radius 1 is 1.23 bits per heavy atom. The van der Waals surface area contributed by atoms with Crippen molar-refractivity contribution >= 4 is 29.9 Å². The largest absolute Gasteiger partial charge is 0.411 e. The van der Waals surface area contributed by atoms with Crippen LogP contribution in [0, 0.1) is 0 Å². The molecule has 0 fully saturated rings. The second kappa shape index (κ2) is 14.3. The molecule has 0 spiro atoms. The number of hydrogen-bond donors (Lipinski definition) is 2. The zero-order chi connectivity index (χ0) is 16.1. The molecule has 1 unspecified atom stereocenters. The van der Waals surface area contributed by atoms with E-state index in [9.17, 15) is 13.2 Å². The van der Waals surface area contributed by atoms with Gasteiger partial charge in [0, 0.05) is 26.2 Å². The van der Waals surface area contributed by atoms with Crippen LogP contribution < -0.4 is 10.6 Å². The van der Waals surface area contributed by atoms with Gasteiger partial charge in [0.1, 0.15) is 6.61 Å². The molecule has 8 heteroatoms. The number of rotatable bonds is 10. The summed E-state index contributed by atoms with van der Waals surface area (Å²) >= 11 is 0. The van der Waals surface area contributed by atoms with Crippen molar-refractivity contribution in [2.24, 2.45) is 4.99 Å².